The Labute approximate surface area is 134 Å². The third-order valence-electron chi connectivity index (χ3n) is 3.16. The fourth-order valence-electron chi connectivity index (χ4n) is 2.37. The van der Waals surface area contributed by atoms with Crippen LogP contribution in [0.3, 0.4) is 0 Å². The monoisotopic (exact) mass is 333 g/mol. The second kappa shape index (κ2) is 8.80. The Morgan fingerprint density at radius 2 is 1.61 bits per heavy atom. The van der Waals surface area contributed by atoms with E-state index in [1.165, 1.54) is 20.8 Å². The molecule has 23 heavy (non-hydrogen) atoms. The van der Waals surface area contributed by atoms with Gasteiger partial charge in [-0.3, -0.25) is 14.4 Å². The number of carbonyl (C=O) groups is 3. The predicted molar refractivity (Wildman–Crippen MR) is 76.1 cm³/mol. The smallest absolute Gasteiger partial charge is 0.303 e. The molecule has 1 rings (SSSR count). The van der Waals surface area contributed by atoms with E-state index in [0.717, 1.165) is 0 Å². The van der Waals surface area contributed by atoms with Crippen LogP contribution in [0, 0.1) is 0 Å². The Balaban J connectivity index is 3.04. The predicted octanol–water partition coefficient (Wildman–Crippen LogP) is -0.892. The molecule has 1 saturated heterocycles. The van der Waals surface area contributed by atoms with Crippen LogP contribution in [0.25, 0.3) is 0 Å². The summed E-state index contributed by atoms with van der Waals surface area (Å²) < 4.78 is 20.6. The number of likely N-dealkylation sites (N-methyl/N-ethyl adjacent to an activating group) is 1. The summed E-state index contributed by atoms with van der Waals surface area (Å²) in [5.74, 6) is -1.77. The van der Waals surface area contributed by atoms with Crippen LogP contribution in [0.2, 0.25) is 0 Å². The summed E-state index contributed by atoms with van der Waals surface area (Å²) in [6, 6.07) is -0.790. The van der Waals surface area contributed by atoms with E-state index in [4.69, 9.17) is 18.9 Å². The average molecular weight is 333 g/mol. The molecule has 9 nitrogen and oxygen atoms in total. The highest BCUT2D eigenvalue weighted by Gasteiger charge is 2.49. The number of nitrogens with one attached hydrogen (secondary N) is 1. The maximum atomic E-state index is 11.4. The van der Waals surface area contributed by atoms with E-state index in [2.05, 4.69) is 5.32 Å². The molecule has 2 N–H and O–H groups in total. The number of esters is 3. The summed E-state index contributed by atoms with van der Waals surface area (Å²) in [4.78, 5) is 33.7. The second-order valence-corrected chi connectivity index (χ2v) is 5.10. The molecule has 0 aromatic rings. The molecule has 9 heteroatoms. The zero-order valence-electron chi connectivity index (χ0n) is 13.6. The second-order valence-electron chi connectivity index (χ2n) is 5.10. The van der Waals surface area contributed by atoms with Gasteiger partial charge in [0.05, 0.1) is 6.04 Å². The first-order valence-corrected chi connectivity index (χ1v) is 7.31. The third kappa shape index (κ3) is 5.77. The molecule has 0 spiro atoms. The summed E-state index contributed by atoms with van der Waals surface area (Å²) in [7, 11) is 0. The van der Waals surface area contributed by atoms with Crippen LogP contribution in [-0.2, 0) is 33.3 Å². The lowest BCUT2D eigenvalue weighted by Crippen LogP contribution is -2.65. The van der Waals surface area contributed by atoms with Gasteiger partial charge in [-0.2, -0.15) is 0 Å². The first-order chi connectivity index (χ1) is 10.8. The fourth-order valence-corrected chi connectivity index (χ4v) is 2.37. The molecular formula is C14H23NO8. The highest BCUT2D eigenvalue weighted by molar-refractivity contribution is 5.67. The number of carbonyl (C=O) groups excluding carboxylic acids is 3. The SMILES string of the molecule is CCN[C@@H]1C(O)OC(COC(C)=O)[C@@H](OC(C)=O)C1OC(C)=O. The van der Waals surface area contributed by atoms with Gasteiger partial charge < -0.3 is 29.4 Å². The van der Waals surface area contributed by atoms with Gasteiger partial charge in [-0.05, 0) is 6.54 Å². The van der Waals surface area contributed by atoms with Crippen molar-refractivity contribution >= 4 is 17.9 Å². The quantitative estimate of drug-likeness (QED) is 0.471. The van der Waals surface area contributed by atoms with Crippen molar-refractivity contribution in [1.82, 2.24) is 5.32 Å². The molecule has 1 aliphatic rings. The van der Waals surface area contributed by atoms with E-state index in [1.54, 1.807) is 6.92 Å². The molecule has 0 radical (unpaired) electrons. The molecule has 1 aliphatic heterocycles. The van der Waals surface area contributed by atoms with Gasteiger partial charge in [0, 0.05) is 20.8 Å². The summed E-state index contributed by atoms with van der Waals surface area (Å²) in [6.07, 6.45) is -4.30. The first kappa shape index (κ1) is 19.3. The fraction of sp³-hybridized carbons (Fsp3) is 0.786. The molecule has 0 aromatic heterocycles. The van der Waals surface area contributed by atoms with Crippen LogP contribution in [0.5, 0.6) is 0 Å². The van der Waals surface area contributed by atoms with Gasteiger partial charge in [0.1, 0.15) is 12.7 Å². The van der Waals surface area contributed by atoms with Crippen LogP contribution in [-0.4, -0.2) is 66.8 Å². The van der Waals surface area contributed by atoms with Crippen LogP contribution < -0.4 is 5.32 Å². The van der Waals surface area contributed by atoms with E-state index in [-0.39, 0.29) is 6.61 Å². The Hall–Kier alpha value is -1.71. The van der Waals surface area contributed by atoms with Crippen LogP contribution >= 0.6 is 0 Å². The zero-order valence-corrected chi connectivity index (χ0v) is 13.6. The Bertz CT molecular complexity index is 440. The number of hydrogen-bond acceptors (Lipinski definition) is 9. The van der Waals surface area contributed by atoms with Crippen molar-refractivity contribution in [3.8, 4) is 0 Å². The van der Waals surface area contributed by atoms with Gasteiger partial charge in [-0.25, -0.2) is 0 Å². The molecule has 0 aliphatic carbocycles. The van der Waals surface area contributed by atoms with Crippen molar-refractivity contribution in [3.63, 3.8) is 0 Å². The number of hydrogen-bond donors (Lipinski definition) is 2. The molecule has 1 heterocycles. The van der Waals surface area contributed by atoms with Gasteiger partial charge in [-0.15, -0.1) is 0 Å². The van der Waals surface area contributed by atoms with Gasteiger partial charge in [0.2, 0.25) is 0 Å². The first-order valence-electron chi connectivity index (χ1n) is 7.31. The van der Waals surface area contributed by atoms with Gasteiger partial charge in [-0.1, -0.05) is 6.92 Å². The van der Waals surface area contributed by atoms with E-state index >= 15 is 0 Å². The van der Waals surface area contributed by atoms with Crippen LogP contribution in [0.1, 0.15) is 27.7 Å². The van der Waals surface area contributed by atoms with Crippen molar-refractivity contribution in [3.05, 3.63) is 0 Å². The standard InChI is InChI=1S/C14H23NO8/c1-5-15-11-13(22-9(4)18)12(21-8(3)17)10(23-14(11)19)6-20-7(2)16/h10-15,19H,5-6H2,1-4H3/t10?,11-,12+,13?,14?/m0/s1. The summed E-state index contributed by atoms with van der Waals surface area (Å²) >= 11 is 0. The minimum atomic E-state index is -1.33. The van der Waals surface area contributed by atoms with E-state index < -0.39 is 48.6 Å². The molecule has 132 valence electrons. The molecule has 0 saturated carbocycles. The molecule has 0 amide bonds. The van der Waals surface area contributed by atoms with Gasteiger partial charge >= 0.3 is 17.9 Å². The van der Waals surface area contributed by atoms with Crippen molar-refractivity contribution < 1.29 is 38.4 Å². The molecule has 3 unspecified atom stereocenters. The van der Waals surface area contributed by atoms with Gasteiger partial charge in [0.25, 0.3) is 0 Å². The average Bonchev–Trinajstić information content (AvgIpc) is 2.42. The van der Waals surface area contributed by atoms with E-state index in [9.17, 15) is 19.5 Å². The molecular weight excluding hydrogens is 310 g/mol. The minimum Gasteiger partial charge on any atom is -0.463 e. The maximum Gasteiger partial charge on any atom is 0.303 e. The highest BCUT2D eigenvalue weighted by atomic mass is 16.7. The van der Waals surface area contributed by atoms with Crippen molar-refractivity contribution in [2.75, 3.05) is 13.2 Å². The minimum absolute atomic E-state index is 0.249. The number of ether oxygens (including phenoxy) is 4. The maximum absolute atomic E-state index is 11.4. The number of aliphatic hydroxyl groups is 1. The molecule has 1 fully saturated rings. The van der Waals surface area contributed by atoms with E-state index in [1.807, 2.05) is 0 Å². The Morgan fingerprint density at radius 3 is 2.09 bits per heavy atom. The zero-order chi connectivity index (χ0) is 17.6. The summed E-state index contributed by atoms with van der Waals surface area (Å²) in [5, 5.41) is 13.0. The van der Waals surface area contributed by atoms with E-state index in [0.29, 0.717) is 6.54 Å². The number of rotatable bonds is 6. The van der Waals surface area contributed by atoms with Crippen molar-refractivity contribution in [1.29, 1.82) is 0 Å². The summed E-state index contributed by atoms with van der Waals surface area (Å²) in [6.45, 7) is 5.62. The normalized spacial score (nSPS) is 30.4. The molecule has 0 aromatic carbocycles. The Kier molecular flexibility index (Phi) is 7.40. The summed E-state index contributed by atoms with van der Waals surface area (Å²) in [5.41, 5.74) is 0. The lowest BCUT2D eigenvalue weighted by Gasteiger charge is -2.43. The third-order valence-corrected chi connectivity index (χ3v) is 3.16. The van der Waals surface area contributed by atoms with Crippen molar-refractivity contribution in [2.45, 2.75) is 58.3 Å². The largest absolute Gasteiger partial charge is 0.463 e. The Morgan fingerprint density at radius 1 is 1.04 bits per heavy atom. The lowest BCUT2D eigenvalue weighted by molar-refractivity contribution is -0.265. The van der Waals surface area contributed by atoms with Crippen molar-refractivity contribution in [2.24, 2.45) is 0 Å². The highest BCUT2D eigenvalue weighted by Crippen LogP contribution is 2.26. The topological polar surface area (TPSA) is 120 Å². The van der Waals surface area contributed by atoms with Crippen LogP contribution in [0.4, 0.5) is 0 Å². The lowest BCUT2D eigenvalue weighted by atomic mass is 9.96. The molecule has 0 bridgehead atoms. The van der Waals surface area contributed by atoms with Gasteiger partial charge in [0.15, 0.2) is 18.5 Å². The van der Waals surface area contributed by atoms with Crippen LogP contribution in [0.15, 0.2) is 0 Å². The number of aliphatic hydroxyl groups excluding tert-OH is 1. The molecule has 5 atom stereocenters.